The molecule has 3 aromatic carbocycles. The molecule has 0 bridgehead atoms. The van der Waals surface area contributed by atoms with Gasteiger partial charge < -0.3 is 10.1 Å². The van der Waals surface area contributed by atoms with E-state index in [-0.39, 0.29) is 10.6 Å². The average molecular weight is 457 g/mol. The van der Waals surface area contributed by atoms with Crippen LogP contribution in [0.15, 0.2) is 71.6 Å². The zero-order valence-corrected chi connectivity index (χ0v) is 19.1. The summed E-state index contributed by atoms with van der Waals surface area (Å²) in [5, 5.41) is 2.50. The van der Waals surface area contributed by atoms with E-state index in [0.717, 1.165) is 11.1 Å². The summed E-state index contributed by atoms with van der Waals surface area (Å²) in [6.07, 6.45) is -0.893. The van der Waals surface area contributed by atoms with Crippen molar-refractivity contribution in [3.05, 3.63) is 83.7 Å². The summed E-state index contributed by atoms with van der Waals surface area (Å²) in [6, 6.07) is 17.5. The first-order valence-corrected chi connectivity index (χ1v) is 11.4. The van der Waals surface area contributed by atoms with Crippen LogP contribution < -0.4 is 14.4 Å². The highest BCUT2D eigenvalue weighted by molar-refractivity contribution is 7.92. The van der Waals surface area contributed by atoms with Gasteiger partial charge in [-0.05, 0) is 74.9 Å². The van der Waals surface area contributed by atoms with Crippen LogP contribution in [0.25, 0.3) is 0 Å². The number of nitrogens with one attached hydrogen (secondary N) is 1. The standard InChI is InChI=1S/C24H25FN2O4S/c1-16-5-12-21(13-6-16)32(29,30)27(4)19-8-10-20(11-9-19)31-18(3)24(28)26-23-14-7-17(2)15-22(23)25/h5-15,18H,1-4H3,(H,26,28). The average Bonchev–Trinajstić information content (AvgIpc) is 2.76. The summed E-state index contributed by atoms with van der Waals surface area (Å²) < 4.78 is 46.4. The molecule has 168 valence electrons. The molecule has 3 rings (SSSR count). The molecule has 32 heavy (non-hydrogen) atoms. The number of carbonyl (C=O) groups excluding carboxylic acids is 1. The summed E-state index contributed by atoms with van der Waals surface area (Å²) in [4.78, 5) is 12.5. The minimum Gasteiger partial charge on any atom is -0.481 e. The summed E-state index contributed by atoms with van der Waals surface area (Å²) in [5.41, 5.74) is 2.24. The number of halogens is 1. The van der Waals surface area contributed by atoms with Crippen LogP contribution in [0.5, 0.6) is 5.75 Å². The molecule has 1 unspecified atom stereocenters. The van der Waals surface area contributed by atoms with E-state index < -0.39 is 27.9 Å². The summed E-state index contributed by atoms with van der Waals surface area (Å²) in [6.45, 7) is 5.19. The van der Waals surface area contributed by atoms with Gasteiger partial charge in [0.15, 0.2) is 6.10 Å². The number of anilines is 2. The Kier molecular flexibility index (Phi) is 6.84. The van der Waals surface area contributed by atoms with Gasteiger partial charge in [-0.3, -0.25) is 9.10 Å². The zero-order valence-electron chi connectivity index (χ0n) is 18.3. The van der Waals surface area contributed by atoms with Crippen molar-refractivity contribution >= 4 is 27.3 Å². The van der Waals surface area contributed by atoms with Crippen molar-refractivity contribution in [1.29, 1.82) is 0 Å². The second kappa shape index (κ2) is 9.40. The van der Waals surface area contributed by atoms with Gasteiger partial charge in [0.05, 0.1) is 16.3 Å². The van der Waals surface area contributed by atoms with Crippen molar-refractivity contribution in [2.75, 3.05) is 16.7 Å². The largest absolute Gasteiger partial charge is 0.481 e. The molecular weight excluding hydrogens is 431 g/mol. The second-order valence-electron chi connectivity index (χ2n) is 7.51. The molecule has 0 fully saturated rings. The van der Waals surface area contributed by atoms with Crippen molar-refractivity contribution in [2.45, 2.75) is 31.8 Å². The van der Waals surface area contributed by atoms with Gasteiger partial charge in [0.1, 0.15) is 11.6 Å². The van der Waals surface area contributed by atoms with Gasteiger partial charge in [0.25, 0.3) is 15.9 Å². The molecule has 1 N–H and O–H groups in total. The molecule has 3 aromatic rings. The lowest BCUT2D eigenvalue weighted by Gasteiger charge is -2.20. The van der Waals surface area contributed by atoms with Gasteiger partial charge in [-0.2, -0.15) is 0 Å². The number of rotatable bonds is 7. The van der Waals surface area contributed by atoms with Crippen molar-refractivity contribution in [1.82, 2.24) is 0 Å². The van der Waals surface area contributed by atoms with Crippen LogP contribution in [0.2, 0.25) is 0 Å². The fourth-order valence-corrected chi connectivity index (χ4v) is 4.15. The molecule has 1 amide bonds. The fourth-order valence-electron chi connectivity index (χ4n) is 2.96. The number of sulfonamides is 1. The van der Waals surface area contributed by atoms with Crippen LogP contribution in [0, 0.1) is 19.7 Å². The molecule has 6 nitrogen and oxygen atoms in total. The van der Waals surface area contributed by atoms with E-state index in [0.29, 0.717) is 11.4 Å². The number of carbonyl (C=O) groups is 1. The molecule has 0 spiro atoms. The van der Waals surface area contributed by atoms with E-state index in [1.54, 1.807) is 68.4 Å². The van der Waals surface area contributed by atoms with Crippen molar-refractivity contribution in [3.8, 4) is 5.75 Å². The van der Waals surface area contributed by atoms with Crippen LogP contribution in [0.1, 0.15) is 18.1 Å². The maximum absolute atomic E-state index is 14.0. The number of nitrogens with zero attached hydrogens (tertiary/aromatic N) is 1. The van der Waals surface area contributed by atoms with Gasteiger partial charge in [0, 0.05) is 7.05 Å². The van der Waals surface area contributed by atoms with Gasteiger partial charge in [-0.15, -0.1) is 0 Å². The lowest BCUT2D eigenvalue weighted by atomic mass is 10.2. The Morgan fingerprint density at radius 3 is 2.16 bits per heavy atom. The Hall–Kier alpha value is -3.39. The van der Waals surface area contributed by atoms with Gasteiger partial charge in [-0.25, -0.2) is 12.8 Å². The third-order valence-corrected chi connectivity index (χ3v) is 6.74. The van der Waals surface area contributed by atoms with E-state index in [9.17, 15) is 17.6 Å². The minimum absolute atomic E-state index is 0.0781. The van der Waals surface area contributed by atoms with Crippen LogP contribution in [-0.4, -0.2) is 27.5 Å². The Balaban J connectivity index is 1.67. The Bertz CT molecular complexity index is 1210. The maximum Gasteiger partial charge on any atom is 0.265 e. The van der Waals surface area contributed by atoms with Crippen LogP contribution in [-0.2, 0) is 14.8 Å². The molecular formula is C24H25FN2O4S. The summed E-state index contributed by atoms with van der Waals surface area (Å²) >= 11 is 0. The normalized spacial score (nSPS) is 12.2. The van der Waals surface area contributed by atoms with E-state index in [2.05, 4.69) is 5.32 Å². The molecule has 0 radical (unpaired) electrons. The third kappa shape index (κ3) is 5.26. The third-order valence-electron chi connectivity index (χ3n) is 4.94. The van der Waals surface area contributed by atoms with E-state index in [4.69, 9.17) is 4.74 Å². The number of hydrogen-bond acceptors (Lipinski definition) is 4. The molecule has 0 aliphatic heterocycles. The second-order valence-corrected chi connectivity index (χ2v) is 9.48. The van der Waals surface area contributed by atoms with Crippen molar-refractivity contribution < 1.29 is 22.3 Å². The van der Waals surface area contributed by atoms with E-state index in [1.165, 1.54) is 23.5 Å². The van der Waals surface area contributed by atoms with Gasteiger partial charge >= 0.3 is 0 Å². The highest BCUT2D eigenvalue weighted by Crippen LogP contribution is 2.25. The van der Waals surface area contributed by atoms with Crippen LogP contribution in [0.3, 0.4) is 0 Å². The molecule has 0 aliphatic carbocycles. The molecule has 0 saturated carbocycles. The monoisotopic (exact) mass is 456 g/mol. The van der Waals surface area contributed by atoms with Crippen molar-refractivity contribution in [3.63, 3.8) is 0 Å². The van der Waals surface area contributed by atoms with Gasteiger partial charge in [0.2, 0.25) is 0 Å². The SMILES string of the molecule is Cc1ccc(S(=O)(=O)N(C)c2ccc(OC(C)C(=O)Nc3ccc(C)cc3F)cc2)cc1. The molecule has 0 saturated heterocycles. The predicted octanol–water partition coefficient (Wildman–Crippen LogP) is 4.67. The molecule has 8 heteroatoms. The maximum atomic E-state index is 14.0. The number of amides is 1. The van der Waals surface area contributed by atoms with Crippen LogP contribution >= 0.6 is 0 Å². The predicted molar refractivity (Wildman–Crippen MR) is 123 cm³/mol. The molecule has 1 atom stereocenters. The lowest BCUT2D eigenvalue weighted by Crippen LogP contribution is -2.30. The van der Waals surface area contributed by atoms with E-state index >= 15 is 0 Å². The van der Waals surface area contributed by atoms with Crippen LogP contribution in [0.4, 0.5) is 15.8 Å². The first kappa shape index (κ1) is 23.3. The lowest BCUT2D eigenvalue weighted by molar-refractivity contribution is -0.122. The number of ether oxygens (including phenoxy) is 1. The quantitative estimate of drug-likeness (QED) is 0.560. The first-order chi connectivity index (χ1) is 15.1. The number of benzene rings is 3. The highest BCUT2D eigenvalue weighted by Gasteiger charge is 2.22. The number of aryl methyl sites for hydroxylation is 2. The highest BCUT2D eigenvalue weighted by atomic mass is 32.2. The fraction of sp³-hybridized carbons (Fsp3) is 0.208. The van der Waals surface area contributed by atoms with Gasteiger partial charge in [-0.1, -0.05) is 23.8 Å². The molecule has 0 heterocycles. The Labute approximate surface area is 187 Å². The van der Waals surface area contributed by atoms with E-state index in [1.807, 2.05) is 6.92 Å². The Morgan fingerprint density at radius 1 is 0.969 bits per heavy atom. The summed E-state index contributed by atoms with van der Waals surface area (Å²) in [7, 11) is -2.24. The topological polar surface area (TPSA) is 75.7 Å². The summed E-state index contributed by atoms with van der Waals surface area (Å²) in [5.74, 6) is -0.648. The molecule has 0 aliphatic rings. The minimum atomic E-state index is -3.71. The number of hydrogen-bond donors (Lipinski definition) is 1. The zero-order chi connectivity index (χ0) is 23.5. The Morgan fingerprint density at radius 2 is 1.56 bits per heavy atom. The molecule has 0 aromatic heterocycles. The first-order valence-electron chi connectivity index (χ1n) is 9.97. The van der Waals surface area contributed by atoms with Crippen molar-refractivity contribution in [2.24, 2.45) is 0 Å². The smallest absolute Gasteiger partial charge is 0.265 e.